The summed E-state index contributed by atoms with van der Waals surface area (Å²) in [6.45, 7) is 0. The van der Waals surface area contributed by atoms with Crippen molar-refractivity contribution in [1.29, 1.82) is 0 Å². The zero-order chi connectivity index (χ0) is 20.7. The summed E-state index contributed by atoms with van der Waals surface area (Å²) >= 11 is 0. The Morgan fingerprint density at radius 3 is 1.52 bits per heavy atom. The molecule has 2 aliphatic carbocycles. The summed E-state index contributed by atoms with van der Waals surface area (Å²) < 4.78 is 45.0. The molecule has 0 unspecified atom stereocenters. The highest BCUT2D eigenvalue weighted by Gasteiger charge is 2.40. The number of para-hydroxylation sites is 1. The van der Waals surface area contributed by atoms with Crippen LogP contribution in [-0.4, -0.2) is 18.6 Å². The first-order valence-electron chi connectivity index (χ1n) is 10.5. The zero-order valence-electron chi connectivity index (χ0n) is 16.5. The molecule has 0 radical (unpaired) electrons. The molecule has 0 bridgehead atoms. The van der Waals surface area contributed by atoms with Crippen LogP contribution in [0.4, 0.5) is 17.3 Å². The number of benzene rings is 2. The van der Waals surface area contributed by atoms with E-state index in [2.05, 4.69) is 24.3 Å². The monoisotopic (exact) mass is 426 g/mol. The second-order valence-electron chi connectivity index (χ2n) is 7.85. The lowest BCUT2D eigenvalue weighted by Gasteiger charge is -2.22. The molecule has 2 fully saturated rings. The van der Waals surface area contributed by atoms with Crippen LogP contribution in [0.1, 0.15) is 51.4 Å². The molecule has 2 aliphatic rings. The fourth-order valence-electron chi connectivity index (χ4n) is 4.62. The molecule has 2 aromatic rings. The van der Waals surface area contributed by atoms with E-state index in [1.54, 1.807) is 5.30 Å². The summed E-state index contributed by atoms with van der Waals surface area (Å²) in [6, 6.07) is 19.2. The van der Waals surface area contributed by atoms with E-state index in [-0.39, 0.29) is 0 Å². The van der Waals surface area contributed by atoms with Crippen molar-refractivity contribution in [3.63, 3.8) is 0 Å². The molecule has 0 aliphatic heterocycles. The van der Waals surface area contributed by atoms with E-state index in [0.717, 1.165) is 22.8 Å². The average Bonchev–Trinajstić information content (AvgIpc) is 3.38. The van der Waals surface area contributed by atoms with Gasteiger partial charge in [-0.3, -0.25) is 0 Å². The van der Waals surface area contributed by atoms with Crippen LogP contribution in [0.5, 0.6) is 11.5 Å². The second kappa shape index (κ2) is 10.5. The maximum Gasteiger partial charge on any atom is 0.673 e. The van der Waals surface area contributed by atoms with Crippen molar-refractivity contribution in [3.8, 4) is 11.5 Å². The number of halogens is 4. The lowest BCUT2D eigenvalue weighted by atomic mass is 10.3. The summed E-state index contributed by atoms with van der Waals surface area (Å²) in [6.07, 6.45) is 11.8. The van der Waals surface area contributed by atoms with Crippen molar-refractivity contribution >= 4 is 20.5 Å². The van der Waals surface area contributed by atoms with Gasteiger partial charge in [-0.25, -0.2) is 0 Å². The van der Waals surface area contributed by atoms with E-state index in [1.807, 2.05) is 30.3 Å². The molecule has 2 aromatic carbocycles. The van der Waals surface area contributed by atoms with Crippen LogP contribution in [0.3, 0.4) is 0 Å². The maximum absolute atomic E-state index is 9.75. The minimum absolute atomic E-state index is 0.422. The Labute approximate surface area is 171 Å². The molecule has 1 nitrogen and oxygen atoms in total. The molecule has 0 aromatic heterocycles. The van der Waals surface area contributed by atoms with Gasteiger partial charge in [-0.1, -0.05) is 18.2 Å². The summed E-state index contributed by atoms with van der Waals surface area (Å²) in [4.78, 5) is 0. The molecule has 2 saturated carbocycles. The molecule has 0 heterocycles. The smallest absolute Gasteiger partial charge is 0.457 e. The van der Waals surface area contributed by atoms with Crippen LogP contribution in [0, 0.1) is 0 Å². The lowest BCUT2D eigenvalue weighted by molar-refractivity contribution is 0.368. The van der Waals surface area contributed by atoms with Gasteiger partial charge in [0.05, 0.1) is 16.6 Å². The predicted molar refractivity (Wildman–Crippen MR) is 116 cm³/mol. The molecule has 4 rings (SSSR count). The van der Waals surface area contributed by atoms with Crippen molar-refractivity contribution in [1.82, 2.24) is 0 Å². The Balaban J connectivity index is 0.000000431. The first-order valence-corrected chi connectivity index (χ1v) is 12.1. The Kier molecular flexibility index (Phi) is 8.00. The molecule has 158 valence electrons. The summed E-state index contributed by atoms with van der Waals surface area (Å²) in [5.74, 6) is 1.88. The van der Waals surface area contributed by atoms with Gasteiger partial charge in [-0.15, -0.1) is 0 Å². The third kappa shape index (κ3) is 7.33. The standard InChI is InChI=1S/C22H27OP.BF4/c1-2-8-18(9-3-1)23-19-14-16-22(17-15-19)24(20-10-4-5-11-20)21-12-6-7-13-21;2-1(3,4)5/h1-3,8-9,14-17,20-21H,4-7,10-13H2;/q;-1/p+1. The molecule has 0 amide bonds. The lowest BCUT2D eigenvalue weighted by Crippen LogP contribution is -2.19. The quantitative estimate of drug-likeness (QED) is 0.273. The van der Waals surface area contributed by atoms with E-state index < -0.39 is 15.2 Å². The average molecular weight is 426 g/mol. The second-order valence-corrected chi connectivity index (χ2v) is 11.0. The van der Waals surface area contributed by atoms with Crippen molar-refractivity contribution in [3.05, 3.63) is 54.6 Å². The number of hydrogen-bond donors (Lipinski definition) is 0. The first-order chi connectivity index (χ1) is 13.9. The van der Waals surface area contributed by atoms with Crippen LogP contribution < -0.4 is 10.0 Å². The molecular weight excluding hydrogens is 398 g/mol. The maximum atomic E-state index is 9.75. The Bertz CT molecular complexity index is 705. The van der Waals surface area contributed by atoms with Crippen molar-refractivity contribution in [2.24, 2.45) is 0 Å². The van der Waals surface area contributed by atoms with Crippen LogP contribution in [0.15, 0.2) is 54.6 Å². The van der Waals surface area contributed by atoms with Crippen LogP contribution in [0.2, 0.25) is 0 Å². The first kappa shape index (κ1) is 22.1. The molecule has 0 saturated heterocycles. The zero-order valence-corrected chi connectivity index (χ0v) is 17.5. The van der Waals surface area contributed by atoms with Gasteiger partial charge in [0.1, 0.15) is 11.5 Å². The fraction of sp³-hybridized carbons (Fsp3) is 0.455. The third-order valence-electron chi connectivity index (χ3n) is 5.76. The van der Waals surface area contributed by atoms with Gasteiger partial charge in [-0.2, -0.15) is 0 Å². The van der Waals surface area contributed by atoms with E-state index in [4.69, 9.17) is 4.74 Å². The Morgan fingerprint density at radius 2 is 1.07 bits per heavy atom. The number of hydrogen-bond acceptors (Lipinski definition) is 1. The molecule has 0 N–H and O–H groups in total. The van der Waals surface area contributed by atoms with Gasteiger partial charge in [0, 0.05) is 7.92 Å². The molecule has 0 spiro atoms. The number of rotatable bonds is 5. The van der Waals surface area contributed by atoms with Crippen LogP contribution >= 0.6 is 7.92 Å². The van der Waals surface area contributed by atoms with Gasteiger partial charge < -0.3 is 22.0 Å². The minimum atomic E-state index is -6.00. The highest BCUT2D eigenvalue weighted by molar-refractivity contribution is 7.67. The predicted octanol–water partition coefficient (Wildman–Crippen LogP) is 7.50. The largest absolute Gasteiger partial charge is 0.673 e. The molecule has 0 atom stereocenters. The molecule has 29 heavy (non-hydrogen) atoms. The topological polar surface area (TPSA) is 9.23 Å². The van der Waals surface area contributed by atoms with Gasteiger partial charge in [0.25, 0.3) is 0 Å². The normalized spacial score (nSPS) is 18.0. The van der Waals surface area contributed by atoms with Crippen LogP contribution in [0.25, 0.3) is 0 Å². The summed E-state index contributed by atoms with van der Waals surface area (Å²) in [7, 11) is -6.42. The van der Waals surface area contributed by atoms with Crippen molar-refractivity contribution in [2.75, 3.05) is 0 Å². The van der Waals surface area contributed by atoms with Crippen molar-refractivity contribution in [2.45, 2.75) is 62.7 Å². The third-order valence-corrected chi connectivity index (χ3v) is 9.67. The van der Waals surface area contributed by atoms with Crippen molar-refractivity contribution < 1.29 is 22.0 Å². The molecular formula is C22H28BF4OP. The van der Waals surface area contributed by atoms with Gasteiger partial charge in [-0.05, 0) is 87.8 Å². The summed E-state index contributed by atoms with van der Waals surface area (Å²) in [5, 5.41) is 1.65. The van der Waals surface area contributed by atoms with E-state index >= 15 is 0 Å². The SMILES string of the molecule is F[B-](F)(F)F.c1ccc(Oc2ccc([PH+](C3CCCC3)C3CCCC3)cc2)cc1. The van der Waals surface area contributed by atoms with Gasteiger partial charge >= 0.3 is 7.25 Å². The van der Waals surface area contributed by atoms with E-state index in [1.165, 1.54) is 51.4 Å². The summed E-state index contributed by atoms with van der Waals surface area (Å²) in [5.41, 5.74) is 2.03. The number of ether oxygens (including phenoxy) is 1. The highest BCUT2D eigenvalue weighted by Crippen LogP contribution is 2.56. The highest BCUT2D eigenvalue weighted by atomic mass is 31.1. The molecule has 7 heteroatoms. The van der Waals surface area contributed by atoms with Gasteiger partial charge in [0.2, 0.25) is 0 Å². The Morgan fingerprint density at radius 1 is 0.655 bits per heavy atom. The Hall–Kier alpha value is -1.55. The van der Waals surface area contributed by atoms with E-state index in [0.29, 0.717) is 0 Å². The van der Waals surface area contributed by atoms with E-state index in [9.17, 15) is 17.3 Å². The fourth-order valence-corrected chi connectivity index (χ4v) is 8.84. The minimum Gasteiger partial charge on any atom is -0.457 e. The van der Waals surface area contributed by atoms with Gasteiger partial charge in [0.15, 0.2) is 0 Å². The van der Waals surface area contributed by atoms with Crippen LogP contribution in [-0.2, 0) is 0 Å².